The van der Waals surface area contributed by atoms with Crippen molar-refractivity contribution in [3.63, 3.8) is 0 Å². The van der Waals surface area contributed by atoms with Crippen LogP contribution in [0.25, 0.3) is 0 Å². The van der Waals surface area contributed by atoms with Gasteiger partial charge < -0.3 is 20.5 Å². The highest BCUT2D eigenvalue weighted by atomic mass is 35.5. The number of hydrogen-bond acceptors (Lipinski definition) is 4. The third kappa shape index (κ3) is 4.17. The average molecular weight is 315 g/mol. The molecule has 1 heterocycles. The monoisotopic (exact) mass is 314 g/mol. The minimum atomic E-state index is -0.0175. The molecule has 0 aromatic heterocycles. The lowest BCUT2D eigenvalue weighted by molar-refractivity contribution is -0.117. The van der Waals surface area contributed by atoms with Crippen LogP contribution in [0.5, 0.6) is 11.5 Å². The van der Waals surface area contributed by atoms with Gasteiger partial charge in [0.25, 0.3) is 0 Å². The van der Waals surface area contributed by atoms with E-state index < -0.39 is 0 Å². The van der Waals surface area contributed by atoms with Crippen LogP contribution in [0.4, 0.5) is 11.4 Å². The topological polar surface area (TPSA) is 73.6 Å². The first-order valence-electron chi connectivity index (χ1n) is 7.00. The van der Waals surface area contributed by atoms with Gasteiger partial charge in [-0.15, -0.1) is 12.4 Å². The lowest BCUT2D eigenvalue weighted by Crippen LogP contribution is -2.20. The smallest absolute Gasteiger partial charge is 0.231 e. The summed E-state index contributed by atoms with van der Waals surface area (Å²) in [5.74, 6) is 2.08. The molecule has 0 fully saturated rings. The summed E-state index contributed by atoms with van der Waals surface area (Å²) in [7, 11) is 0. The van der Waals surface area contributed by atoms with E-state index in [9.17, 15) is 4.79 Å². The number of rotatable bonds is 5. The van der Waals surface area contributed by atoms with E-state index in [1.165, 1.54) is 0 Å². The van der Waals surface area contributed by atoms with Crippen molar-refractivity contribution in [2.24, 2.45) is 11.8 Å². The molecule has 0 bridgehead atoms. The van der Waals surface area contributed by atoms with Crippen molar-refractivity contribution in [2.75, 3.05) is 17.8 Å². The minimum absolute atomic E-state index is 0. The number of nitrogens with one attached hydrogen (secondary N) is 1. The number of carbonyl (C=O) groups is 1. The van der Waals surface area contributed by atoms with Crippen molar-refractivity contribution in [3.8, 4) is 11.5 Å². The van der Waals surface area contributed by atoms with Gasteiger partial charge in [0.1, 0.15) is 0 Å². The van der Waals surface area contributed by atoms with Crippen LogP contribution in [0.1, 0.15) is 33.6 Å². The zero-order valence-electron chi connectivity index (χ0n) is 12.6. The Morgan fingerprint density at radius 1 is 1.33 bits per heavy atom. The van der Waals surface area contributed by atoms with E-state index in [2.05, 4.69) is 26.1 Å². The summed E-state index contributed by atoms with van der Waals surface area (Å²) in [6.45, 7) is 6.57. The molecule has 2 rings (SSSR count). The Balaban J connectivity index is 0.00000220. The molecular weight excluding hydrogens is 292 g/mol. The van der Waals surface area contributed by atoms with Crippen LogP contribution in [-0.2, 0) is 4.79 Å². The first-order chi connectivity index (χ1) is 9.51. The van der Waals surface area contributed by atoms with E-state index in [4.69, 9.17) is 15.2 Å². The highest BCUT2D eigenvalue weighted by Gasteiger charge is 2.19. The first kappa shape index (κ1) is 17.4. The van der Waals surface area contributed by atoms with Gasteiger partial charge >= 0.3 is 0 Å². The van der Waals surface area contributed by atoms with Gasteiger partial charge in [-0.3, -0.25) is 4.79 Å². The van der Waals surface area contributed by atoms with Crippen molar-refractivity contribution < 1.29 is 14.3 Å². The fraction of sp³-hybridized carbons (Fsp3) is 0.533. The summed E-state index contributed by atoms with van der Waals surface area (Å²) < 4.78 is 10.5. The molecule has 1 aromatic carbocycles. The van der Waals surface area contributed by atoms with E-state index in [-0.39, 0.29) is 25.1 Å². The standard InChI is InChI=1S/C15H22N2O3.ClH/c1-4-10(9(2)3)5-15(18)17-12-7-14-13(6-11(12)16)19-8-20-14;/h6-7,9-10H,4-5,8,16H2,1-3H3,(H,17,18);1H. The molecule has 1 aliphatic rings. The maximum absolute atomic E-state index is 12.1. The van der Waals surface area contributed by atoms with E-state index in [0.29, 0.717) is 41.1 Å². The van der Waals surface area contributed by atoms with E-state index in [0.717, 1.165) is 6.42 Å². The number of hydrogen-bond donors (Lipinski definition) is 2. The van der Waals surface area contributed by atoms with Crippen molar-refractivity contribution in [3.05, 3.63) is 12.1 Å². The van der Waals surface area contributed by atoms with Crippen LogP contribution < -0.4 is 20.5 Å². The largest absolute Gasteiger partial charge is 0.454 e. The number of fused-ring (bicyclic) bond motifs is 1. The maximum Gasteiger partial charge on any atom is 0.231 e. The van der Waals surface area contributed by atoms with Crippen molar-refractivity contribution in [2.45, 2.75) is 33.6 Å². The Labute approximate surface area is 131 Å². The highest BCUT2D eigenvalue weighted by Crippen LogP contribution is 2.38. The molecule has 0 saturated carbocycles. The number of halogens is 1. The summed E-state index contributed by atoms with van der Waals surface area (Å²) >= 11 is 0. The molecule has 5 nitrogen and oxygen atoms in total. The summed E-state index contributed by atoms with van der Waals surface area (Å²) in [6, 6.07) is 3.39. The molecule has 1 atom stereocenters. The molecule has 1 unspecified atom stereocenters. The zero-order valence-corrected chi connectivity index (χ0v) is 13.5. The third-order valence-corrected chi connectivity index (χ3v) is 3.73. The number of nitrogen functional groups attached to an aromatic ring is 1. The Morgan fingerprint density at radius 2 is 1.95 bits per heavy atom. The summed E-state index contributed by atoms with van der Waals surface area (Å²) in [4.78, 5) is 12.1. The van der Waals surface area contributed by atoms with Gasteiger partial charge in [0.05, 0.1) is 11.4 Å². The SMILES string of the molecule is CCC(CC(=O)Nc1cc2c(cc1N)OCO2)C(C)C.Cl. The average Bonchev–Trinajstić information content (AvgIpc) is 2.83. The minimum Gasteiger partial charge on any atom is -0.454 e. The molecule has 0 aliphatic carbocycles. The van der Waals surface area contributed by atoms with Crippen LogP contribution in [0, 0.1) is 11.8 Å². The van der Waals surface area contributed by atoms with Gasteiger partial charge in [-0.2, -0.15) is 0 Å². The van der Waals surface area contributed by atoms with Crippen LogP contribution in [0.2, 0.25) is 0 Å². The fourth-order valence-corrected chi connectivity index (χ4v) is 2.36. The Kier molecular flexibility index (Phi) is 6.15. The summed E-state index contributed by atoms with van der Waals surface area (Å²) in [6.07, 6.45) is 1.49. The molecule has 1 amide bonds. The number of ether oxygens (including phenoxy) is 2. The van der Waals surface area contributed by atoms with Crippen molar-refractivity contribution in [1.29, 1.82) is 0 Å². The Morgan fingerprint density at radius 3 is 2.52 bits per heavy atom. The third-order valence-electron chi connectivity index (χ3n) is 3.73. The second-order valence-corrected chi connectivity index (χ2v) is 5.46. The second kappa shape index (κ2) is 7.41. The lowest BCUT2D eigenvalue weighted by atomic mass is 9.90. The molecule has 0 spiro atoms. The first-order valence-corrected chi connectivity index (χ1v) is 7.00. The second-order valence-electron chi connectivity index (χ2n) is 5.46. The van der Waals surface area contributed by atoms with Gasteiger partial charge in [-0.25, -0.2) is 0 Å². The predicted molar refractivity (Wildman–Crippen MR) is 86.1 cm³/mol. The normalized spacial score (nSPS) is 13.7. The Hall–Kier alpha value is -1.62. The van der Waals surface area contributed by atoms with Gasteiger partial charge in [0.2, 0.25) is 12.7 Å². The molecular formula is C15H23ClN2O3. The van der Waals surface area contributed by atoms with Gasteiger partial charge in [0, 0.05) is 18.6 Å². The van der Waals surface area contributed by atoms with Gasteiger partial charge in [-0.05, 0) is 11.8 Å². The van der Waals surface area contributed by atoms with Crippen molar-refractivity contribution in [1.82, 2.24) is 0 Å². The zero-order chi connectivity index (χ0) is 14.7. The number of benzene rings is 1. The Bertz CT molecular complexity index is 506. The molecule has 118 valence electrons. The van der Waals surface area contributed by atoms with Crippen LogP contribution >= 0.6 is 12.4 Å². The van der Waals surface area contributed by atoms with Crippen LogP contribution in [0.3, 0.4) is 0 Å². The number of carbonyl (C=O) groups excluding carboxylic acids is 1. The molecule has 0 saturated heterocycles. The molecule has 1 aromatic rings. The number of anilines is 2. The molecule has 6 heteroatoms. The van der Waals surface area contributed by atoms with Crippen LogP contribution in [0.15, 0.2) is 12.1 Å². The molecule has 1 aliphatic heterocycles. The number of nitrogens with two attached hydrogens (primary N) is 1. The highest BCUT2D eigenvalue weighted by molar-refractivity contribution is 5.94. The summed E-state index contributed by atoms with van der Waals surface area (Å²) in [5.41, 5.74) is 6.98. The van der Waals surface area contributed by atoms with E-state index >= 15 is 0 Å². The van der Waals surface area contributed by atoms with Crippen molar-refractivity contribution >= 4 is 29.7 Å². The maximum atomic E-state index is 12.1. The van der Waals surface area contributed by atoms with Gasteiger partial charge in [-0.1, -0.05) is 27.2 Å². The van der Waals surface area contributed by atoms with E-state index in [1.54, 1.807) is 12.1 Å². The molecule has 3 N–H and O–H groups in total. The number of amides is 1. The summed E-state index contributed by atoms with van der Waals surface area (Å²) in [5, 5.41) is 2.86. The molecule has 21 heavy (non-hydrogen) atoms. The quantitative estimate of drug-likeness (QED) is 0.817. The molecule has 0 radical (unpaired) electrons. The fourth-order valence-electron chi connectivity index (χ4n) is 2.36. The van der Waals surface area contributed by atoms with Gasteiger partial charge in [0.15, 0.2) is 11.5 Å². The van der Waals surface area contributed by atoms with E-state index in [1.807, 2.05) is 0 Å². The predicted octanol–water partition coefficient (Wildman–Crippen LogP) is 3.43. The van der Waals surface area contributed by atoms with Crippen LogP contribution in [-0.4, -0.2) is 12.7 Å². The lowest BCUT2D eigenvalue weighted by Gasteiger charge is -2.18.